The number of carbonyl (C=O) groups is 1. The third kappa shape index (κ3) is 3.84. The van der Waals surface area contributed by atoms with Crippen molar-refractivity contribution in [1.82, 2.24) is 4.90 Å². The highest BCUT2D eigenvalue weighted by Gasteiger charge is 2.53. The second kappa shape index (κ2) is 8.24. The second-order valence-corrected chi connectivity index (χ2v) is 10.6. The average molecular weight is 451 g/mol. The molecular weight excluding hydrogens is 420 g/mol. The van der Waals surface area contributed by atoms with Gasteiger partial charge in [0.1, 0.15) is 0 Å². The maximum absolute atomic E-state index is 11.1. The molecule has 2 bridgehead atoms. The number of hydrogen-bond acceptors (Lipinski definition) is 3. The molecule has 168 valence electrons. The first-order valence-electron chi connectivity index (χ1n) is 11.6. The fraction of sp³-hybridized carbons (Fsp3) is 0.444. The van der Waals surface area contributed by atoms with Gasteiger partial charge in [0.2, 0.25) is 0 Å². The largest absolute Gasteiger partial charge is 0.478 e. The van der Waals surface area contributed by atoms with Crippen LogP contribution in [0.5, 0.6) is 0 Å². The monoisotopic (exact) mass is 450 g/mol. The molecule has 3 aliphatic carbocycles. The molecule has 1 aliphatic heterocycles. The van der Waals surface area contributed by atoms with Crippen LogP contribution in [0.3, 0.4) is 0 Å². The van der Waals surface area contributed by atoms with Gasteiger partial charge < -0.3 is 10.0 Å². The van der Waals surface area contributed by atoms with Crippen LogP contribution in [0.25, 0.3) is 5.57 Å². The lowest BCUT2D eigenvalue weighted by molar-refractivity contribution is 0.00556. The van der Waals surface area contributed by atoms with Gasteiger partial charge in [-0.1, -0.05) is 43.2 Å². The van der Waals surface area contributed by atoms with E-state index in [1.54, 1.807) is 23.3 Å². The smallest absolute Gasteiger partial charge is 0.335 e. The first-order chi connectivity index (χ1) is 15.3. The second-order valence-electron chi connectivity index (χ2n) is 10.2. The van der Waals surface area contributed by atoms with E-state index in [0.29, 0.717) is 16.9 Å². The van der Waals surface area contributed by atoms with E-state index in [0.717, 1.165) is 49.4 Å². The van der Waals surface area contributed by atoms with Gasteiger partial charge in [0.05, 0.1) is 5.56 Å². The van der Waals surface area contributed by atoms with Gasteiger partial charge >= 0.3 is 5.97 Å². The molecule has 1 heterocycles. The van der Waals surface area contributed by atoms with Crippen LogP contribution in [0.15, 0.2) is 54.1 Å². The number of halogens is 1. The van der Waals surface area contributed by atoms with E-state index < -0.39 is 5.97 Å². The number of aromatic carboxylic acids is 1. The molecule has 2 aromatic rings. The van der Waals surface area contributed by atoms with Gasteiger partial charge in [-0.25, -0.2) is 4.79 Å². The number of allylic oxidation sites excluding steroid dienone is 1. The molecule has 1 saturated carbocycles. The quantitative estimate of drug-likeness (QED) is 0.636. The third-order valence-corrected chi connectivity index (χ3v) is 8.37. The molecule has 2 fully saturated rings. The average Bonchev–Trinajstić information content (AvgIpc) is 2.80. The van der Waals surface area contributed by atoms with Crippen molar-refractivity contribution in [3.8, 4) is 0 Å². The van der Waals surface area contributed by atoms with Crippen LogP contribution in [-0.2, 0) is 0 Å². The first-order valence-corrected chi connectivity index (χ1v) is 12.0. The Morgan fingerprint density at radius 3 is 2.28 bits per heavy atom. The molecular formula is C27H31ClN2O2. The molecule has 2 atom stereocenters. The van der Waals surface area contributed by atoms with Crippen molar-refractivity contribution in [2.75, 3.05) is 37.6 Å². The minimum Gasteiger partial charge on any atom is -0.478 e. The van der Waals surface area contributed by atoms with Crippen LogP contribution >= 0.6 is 11.6 Å². The number of rotatable bonds is 5. The number of carboxylic acids is 1. The molecule has 4 nitrogen and oxygen atoms in total. The lowest BCUT2D eigenvalue weighted by Crippen LogP contribution is -2.51. The molecule has 2 aromatic carbocycles. The van der Waals surface area contributed by atoms with Crippen LogP contribution in [0, 0.1) is 17.3 Å². The Balaban J connectivity index is 1.30. The molecule has 32 heavy (non-hydrogen) atoms. The number of anilines is 1. The highest BCUT2D eigenvalue weighted by Crippen LogP contribution is 2.63. The third-order valence-electron chi connectivity index (χ3n) is 8.11. The van der Waals surface area contributed by atoms with Gasteiger partial charge in [0.15, 0.2) is 0 Å². The maximum Gasteiger partial charge on any atom is 0.335 e. The zero-order valence-corrected chi connectivity index (χ0v) is 19.6. The Morgan fingerprint density at radius 1 is 1.03 bits per heavy atom. The summed E-state index contributed by atoms with van der Waals surface area (Å²) in [5, 5.41) is 9.91. The molecule has 0 spiro atoms. The molecule has 4 aliphatic rings. The summed E-state index contributed by atoms with van der Waals surface area (Å²) in [5.74, 6) is 0.568. The molecule has 0 radical (unpaired) electrons. The summed E-state index contributed by atoms with van der Waals surface area (Å²) in [5.41, 5.74) is 6.37. The zero-order chi connectivity index (χ0) is 22.5. The molecule has 5 heteroatoms. The summed E-state index contributed by atoms with van der Waals surface area (Å²) in [6.07, 6.45) is 2.52. The number of carboxylic acid groups (broad SMARTS) is 1. The molecule has 0 aromatic heterocycles. The minimum absolute atomic E-state index is 0.341. The van der Waals surface area contributed by atoms with Gasteiger partial charge in [0, 0.05) is 43.4 Å². The maximum atomic E-state index is 11.1. The lowest BCUT2D eigenvalue weighted by Gasteiger charge is -2.58. The predicted octanol–water partition coefficient (Wildman–Crippen LogP) is 5.68. The Bertz CT molecular complexity index is 1030. The van der Waals surface area contributed by atoms with E-state index in [-0.39, 0.29) is 0 Å². The van der Waals surface area contributed by atoms with Crippen LogP contribution in [0.2, 0.25) is 5.02 Å². The van der Waals surface area contributed by atoms with E-state index in [1.807, 2.05) is 24.3 Å². The Kier molecular flexibility index (Phi) is 5.55. The van der Waals surface area contributed by atoms with Crippen molar-refractivity contribution in [2.45, 2.75) is 26.7 Å². The van der Waals surface area contributed by atoms with Gasteiger partial charge in [-0.05, 0) is 77.6 Å². The number of nitrogens with zero attached hydrogens (tertiary/aromatic N) is 2. The Labute approximate surface area is 195 Å². The first kappa shape index (κ1) is 21.5. The van der Waals surface area contributed by atoms with Crippen molar-refractivity contribution in [1.29, 1.82) is 0 Å². The summed E-state index contributed by atoms with van der Waals surface area (Å²) in [4.78, 5) is 16.0. The van der Waals surface area contributed by atoms with Gasteiger partial charge in [-0.3, -0.25) is 4.90 Å². The van der Waals surface area contributed by atoms with Crippen molar-refractivity contribution in [3.05, 3.63) is 70.3 Å². The normalized spacial score (nSPS) is 24.9. The molecule has 1 N–H and O–H groups in total. The van der Waals surface area contributed by atoms with Crippen LogP contribution in [-0.4, -0.2) is 48.7 Å². The Morgan fingerprint density at radius 2 is 1.69 bits per heavy atom. The fourth-order valence-corrected chi connectivity index (χ4v) is 6.07. The van der Waals surface area contributed by atoms with Crippen LogP contribution < -0.4 is 4.90 Å². The molecule has 1 saturated heterocycles. The van der Waals surface area contributed by atoms with E-state index in [1.165, 1.54) is 18.4 Å². The number of hydrogen-bond donors (Lipinski definition) is 1. The minimum atomic E-state index is -0.875. The topological polar surface area (TPSA) is 43.8 Å². The van der Waals surface area contributed by atoms with Crippen molar-refractivity contribution in [2.24, 2.45) is 17.3 Å². The van der Waals surface area contributed by atoms with Crippen molar-refractivity contribution in [3.63, 3.8) is 0 Å². The summed E-state index contributed by atoms with van der Waals surface area (Å²) < 4.78 is 0. The molecule has 0 amide bonds. The van der Waals surface area contributed by atoms with Gasteiger partial charge in [0.25, 0.3) is 0 Å². The lowest BCUT2D eigenvalue weighted by atomic mass is 9.46. The summed E-state index contributed by atoms with van der Waals surface area (Å²) in [6, 6.07) is 15.7. The summed E-state index contributed by atoms with van der Waals surface area (Å²) >= 11 is 6.18. The summed E-state index contributed by atoms with van der Waals surface area (Å²) in [7, 11) is 0. The van der Waals surface area contributed by atoms with Crippen molar-refractivity contribution < 1.29 is 9.90 Å². The van der Waals surface area contributed by atoms with Crippen LogP contribution in [0.1, 0.15) is 42.6 Å². The van der Waals surface area contributed by atoms with E-state index in [9.17, 15) is 4.79 Å². The van der Waals surface area contributed by atoms with E-state index in [4.69, 9.17) is 16.7 Å². The van der Waals surface area contributed by atoms with E-state index in [2.05, 4.69) is 35.8 Å². The number of benzene rings is 2. The highest BCUT2D eigenvalue weighted by molar-refractivity contribution is 6.30. The Hall–Kier alpha value is -2.30. The van der Waals surface area contributed by atoms with Crippen LogP contribution in [0.4, 0.5) is 5.69 Å². The van der Waals surface area contributed by atoms with Crippen molar-refractivity contribution >= 4 is 28.8 Å². The number of fused-ring (bicyclic) bond motifs is 1. The van der Waals surface area contributed by atoms with Gasteiger partial charge in [-0.15, -0.1) is 0 Å². The SMILES string of the molecule is CC1(C)[C@@H]2CC(CN3CCN(c4ccc(C(=O)O)cc4)CC3)=C(c3ccc(Cl)cc3)[C@@H]1C2. The van der Waals surface area contributed by atoms with Gasteiger partial charge in [-0.2, -0.15) is 0 Å². The van der Waals surface area contributed by atoms with E-state index >= 15 is 0 Å². The standard InChI is InChI=1S/C27H31ClN2O2/c1-27(2)21-15-20(25(24(27)16-21)18-3-7-22(28)8-4-18)17-29-11-13-30(14-12-29)23-9-5-19(6-10-23)26(31)32/h3-10,21,24H,11-17H2,1-2H3,(H,31,32)/t21-,24+/m1/s1. The zero-order valence-electron chi connectivity index (χ0n) is 18.9. The highest BCUT2D eigenvalue weighted by atomic mass is 35.5. The molecule has 6 rings (SSSR count). The fourth-order valence-electron chi connectivity index (χ4n) is 5.94. The predicted molar refractivity (Wildman–Crippen MR) is 130 cm³/mol. The molecule has 0 unspecified atom stereocenters. The summed E-state index contributed by atoms with van der Waals surface area (Å²) in [6.45, 7) is 9.91. The number of piperazine rings is 1.